The van der Waals surface area contributed by atoms with Crippen molar-refractivity contribution in [1.29, 1.82) is 5.26 Å². The highest BCUT2D eigenvalue weighted by molar-refractivity contribution is 7.92. The van der Waals surface area contributed by atoms with Gasteiger partial charge in [-0.2, -0.15) is 31.6 Å². The first kappa shape index (κ1) is 30.8. The minimum absolute atomic E-state index is 0.0562. The fourth-order valence-corrected chi connectivity index (χ4v) is 7.01. The average molecular weight is 605 g/mol. The lowest BCUT2D eigenvalue weighted by molar-refractivity contribution is -0.376. The highest BCUT2D eigenvalue weighted by atomic mass is 32.2. The molecular formula is C27H26F6N2O5S. The summed E-state index contributed by atoms with van der Waals surface area (Å²) >= 11 is 0. The van der Waals surface area contributed by atoms with Crippen molar-refractivity contribution in [3.05, 3.63) is 59.2 Å². The monoisotopic (exact) mass is 604 g/mol. The van der Waals surface area contributed by atoms with Gasteiger partial charge in [-0.25, -0.2) is 8.42 Å². The summed E-state index contributed by atoms with van der Waals surface area (Å²) < 4.78 is 115. The van der Waals surface area contributed by atoms with E-state index in [1.165, 1.54) is 12.1 Å². The molecule has 2 aliphatic heterocycles. The van der Waals surface area contributed by atoms with Crippen molar-refractivity contribution < 1.29 is 49.4 Å². The van der Waals surface area contributed by atoms with E-state index in [0.717, 1.165) is 22.5 Å². The topological polar surface area (TPSA) is 108 Å². The van der Waals surface area contributed by atoms with E-state index in [1.54, 1.807) is 0 Å². The number of benzene rings is 2. The highest BCUT2D eigenvalue weighted by Gasteiger charge is 2.71. The maximum absolute atomic E-state index is 13.8. The second-order valence-electron chi connectivity index (χ2n) is 10.2. The summed E-state index contributed by atoms with van der Waals surface area (Å²) in [5.41, 5.74) is -6.88. The number of alkyl halides is 6. The molecule has 222 valence electrons. The number of nitriles is 1. The SMILES string of the molecule is N#Cc1ccc(S(=O)(=O)N2c3ccc(C(O)(C(F)(F)F)C(F)(F)F)cc3CC[C@H]2CC(=O)CC2CCOCC2)cc1. The molecule has 14 heteroatoms. The van der Waals surface area contributed by atoms with E-state index in [4.69, 9.17) is 10.00 Å². The van der Waals surface area contributed by atoms with Gasteiger partial charge in [0.15, 0.2) is 0 Å². The Morgan fingerprint density at radius 2 is 1.59 bits per heavy atom. The number of rotatable bonds is 7. The van der Waals surface area contributed by atoms with Crippen molar-refractivity contribution in [2.45, 2.75) is 67.4 Å². The number of hydrogen-bond donors (Lipinski definition) is 1. The number of halogens is 6. The van der Waals surface area contributed by atoms with Crippen LogP contribution in [0.4, 0.5) is 32.0 Å². The van der Waals surface area contributed by atoms with Crippen molar-refractivity contribution in [1.82, 2.24) is 0 Å². The third kappa shape index (κ3) is 5.93. The lowest BCUT2D eigenvalue weighted by Crippen LogP contribution is -2.54. The standard InChI is InChI=1S/C27H26F6N2O5S/c28-26(29,30)25(37,27(31,32)33)20-4-8-24-19(14-20)3-5-21(15-22(36)13-17-9-11-40-12-10-17)35(24)41(38,39)23-6-1-18(16-34)2-7-23/h1-2,4,6-8,14,17,21,37H,3,5,9-13,15H2/t21-/m0/s1. The van der Waals surface area contributed by atoms with E-state index < -0.39 is 39.6 Å². The van der Waals surface area contributed by atoms with Gasteiger partial charge in [-0.05, 0) is 67.5 Å². The number of aryl methyl sites for hydroxylation is 1. The molecular weight excluding hydrogens is 578 g/mol. The number of aliphatic hydroxyl groups is 1. The van der Waals surface area contributed by atoms with Crippen molar-refractivity contribution in [3.8, 4) is 6.07 Å². The summed E-state index contributed by atoms with van der Waals surface area (Å²) in [4.78, 5) is 12.7. The van der Waals surface area contributed by atoms with Crippen LogP contribution in [0.15, 0.2) is 47.4 Å². The molecule has 0 saturated carbocycles. The second kappa shape index (κ2) is 11.3. The zero-order valence-electron chi connectivity index (χ0n) is 21.5. The Morgan fingerprint density at radius 1 is 0.976 bits per heavy atom. The normalized spacial score (nSPS) is 19.0. The zero-order valence-corrected chi connectivity index (χ0v) is 22.3. The van der Waals surface area contributed by atoms with Crippen LogP contribution in [-0.2, 0) is 31.6 Å². The van der Waals surface area contributed by atoms with Crippen LogP contribution >= 0.6 is 0 Å². The summed E-state index contributed by atoms with van der Waals surface area (Å²) in [6.07, 6.45) is -11.1. The summed E-state index contributed by atoms with van der Waals surface area (Å²) in [5.74, 6) is -0.175. The second-order valence-corrected chi connectivity index (χ2v) is 12.0. The first-order chi connectivity index (χ1) is 19.1. The van der Waals surface area contributed by atoms with Gasteiger partial charge < -0.3 is 9.84 Å². The van der Waals surface area contributed by atoms with E-state index in [0.29, 0.717) is 38.2 Å². The first-order valence-corrected chi connectivity index (χ1v) is 14.2. The predicted molar refractivity (Wildman–Crippen MR) is 133 cm³/mol. The number of carbonyl (C=O) groups is 1. The number of carbonyl (C=O) groups excluding carboxylic acids is 1. The molecule has 41 heavy (non-hydrogen) atoms. The Bertz CT molecular complexity index is 1410. The van der Waals surface area contributed by atoms with Gasteiger partial charge in [0, 0.05) is 31.6 Å². The summed E-state index contributed by atoms with van der Waals surface area (Å²) in [5, 5.41) is 18.9. The van der Waals surface area contributed by atoms with Crippen LogP contribution in [0.1, 0.15) is 48.8 Å². The molecule has 2 aromatic rings. The Kier molecular flexibility index (Phi) is 8.46. The molecule has 0 radical (unpaired) electrons. The molecule has 0 bridgehead atoms. The molecule has 1 atom stereocenters. The Labute approximate surface area is 232 Å². The van der Waals surface area contributed by atoms with E-state index in [-0.39, 0.29) is 59.1 Å². The number of hydrogen-bond acceptors (Lipinski definition) is 6. The molecule has 0 spiro atoms. The number of Topliss-reactive ketones (excluding diaryl/α,β-unsaturated/α-hetero) is 1. The fraction of sp³-hybridized carbons (Fsp3) is 0.481. The molecule has 2 heterocycles. The van der Waals surface area contributed by atoms with Gasteiger partial charge in [0.1, 0.15) is 5.78 Å². The van der Waals surface area contributed by atoms with Crippen LogP contribution in [-0.4, -0.2) is 50.9 Å². The Morgan fingerprint density at radius 3 is 2.15 bits per heavy atom. The van der Waals surface area contributed by atoms with E-state index in [9.17, 15) is 44.7 Å². The van der Waals surface area contributed by atoms with Crippen molar-refractivity contribution in [2.24, 2.45) is 5.92 Å². The molecule has 0 amide bonds. The minimum Gasteiger partial charge on any atom is -0.381 e. The Balaban J connectivity index is 1.77. The molecule has 4 rings (SSSR count). The number of fused-ring (bicyclic) bond motifs is 1. The summed E-state index contributed by atoms with van der Waals surface area (Å²) in [6, 6.07) is 7.40. The molecule has 0 aromatic heterocycles. The molecule has 0 aliphatic carbocycles. The number of nitrogens with zero attached hydrogens (tertiary/aromatic N) is 2. The van der Waals surface area contributed by atoms with Crippen LogP contribution in [0.25, 0.3) is 0 Å². The zero-order chi connectivity index (χ0) is 30.2. The third-order valence-electron chi connectivity index (χ3n) is 7.49. The molecule has 1 fully saturated rings. The van der Waals surface area contributed by atoms with Gasteiger partial charge in [-0.1, -0.05) is 12.1 Å². The van der Waals surface area contributed by atoms with Crippen LogP contribution in [0.3, 0.4) is 0 Å². The van der Waals surface area contributed by atoms with Crippen LogP contribution in [0.5, 0.6) is 0 Å². The number of ether oxygens (including phenoxy) is 1. The van der Waals surface area contributed by atoms with Gasteiger partial charge in [0.2, 0.25) is 0 Å². The number of anilines is 1. The van der Waals surface area contributed by atoms with Crippen LogP contribution in [0.2, 0.25) is 0 Å². The van der Waals surface area contributed by atoms with Crippen LogP contribution in [0, 0.1) is 17.2 Å². The van der Waals surface area contributed by atoms with Crippen molar-refractivity contribution in [2.75, 3.05) is 17.5 Å². The van der Waals surface area contributed by atoms with Gasteiger partial charge in [-0.3, -0.25) is 9.10 Å². The molecule has 1 N–H and O–H groups in total. The third-order valence-corrected chi connectivity index (χ3v) is 9.38. The molecule has 7 nitrogen and oxygen atoms in total. The van der Waals surface area contributed by atoms with Crippen LogP contribution < -0.4 is 4.31 Å². The van der Waals surface area contributed by atoms with Gasteiger partial charge in [0.05, 0.1) is 28.3 Å². The average Bonchev–Trinajstić information content (AvgIpc) is 2.91. The number of sulfonamides is 1. The largest absolute Gasteiger partial charge is 0.430 e. The predicted octanol–water partition coefficient (Wildman–Crippen LogP) is 5.16. The Hall–Kier alpha value is -3.15. The smallest absolute Gasteiger partial charge is 0.381 e. The van der Waals surface area contributed by atoms with Gasteiger partial charge >= 0.3 is 12.4 Å². The summed E-state index contributed by atoms with van der Waals surface area (Å²) in [7, 11) is -4.49. The lowest BCUT2D eigenvalue weighted by atomic mass is 9.86. The maximum atomic E-state index is 13.8. The van der Waals surface area contributed by atoms with E-state index >= 15 is 0 Å². The highest BCUT2D eigenvalue weighted by Crippen LogP contribution is 2.51. The first-order valence-electron chi connectivity index (χ1n) is 12.7. The van der Waals surface area contributed by atoms with E-state index in [2.05, 4.69) is 0 Å². The lowest BCUT2D eigenvalue weighted by Gasteiger charge is -2.39. The van der Waals surface area contributed by atoms with Crippen molar-refractivity contribution >= 4 is 21.5 Å². The quantitative estimate of drug-likeness (QED) is 0.438. The van der Waals surface area contributed by atoms with E-state index in [1.807, 2.05) is 6.07 Å². The molecule has 2 aliphatic rings. The maximum Gasteiger partial charge on any atom is 0.430 e. The van der Waals surface area contributed by atoms with Gasteiger partial charge in [0.25, 0.3) is 15.6 Å². The number of ketones is 1. The summed E-state index contributed by atoms with van der Waals surface area (Å²) in [6.45, 7) is 0.997. The molecule has 2 aromatic carbocycles. The molecule has 0 unspecified atom stereocenters. The van der Waals surface area contributed by atoms with Crippen molar-refractivity contribution in [3.63, 3.8) is 0 Å². The van der Waals surface area contributed by atoms with Gasteiger partial charge in [-0.15, -0.1) is 0 Å². The minimum atomic E-state index is -6.11. The fourth-order valence-electron chi connectivity index (χ4n) is 5.29. The molecule has 1 saturated heterocycles.